The Morgan fingerprint density at radius 3 is 2.55 bits per heavy atom. The van der Waals surface area contributed by atoms with E-state index < -0.39 is 0 Å². The summed E-state index contributed by atoms with van der Waals surface area (Å²) in [5, 5.41) is 7.40. The van der Waals surface area contributed by atoms with Crippen molar-refractivity contribution in [3.05, 3.63) is 70.3 Å². The van der Waals surface area contributed by atoms with Crippen LogP contribution in [0.1, 0.15) is 17.8 Å². The van der Waals surface area contributed by atoms with Crippen LogP contribution in [0.5, 0.6) is 11.5 Å². The first-order valence-electron chi connectivity index (χ1n) is 10.5. The second-order valence-corrected chi connectivity index (χ2v) is 7.54. The smallest absolute Gasteiger partial charge is 0.273 e. The van der Waals surface area contributed by atoms with Crippen molar-refractivity contribution in [2.75, 3.05) is 19.5 Å². The first-order valence-corrected chi connectivity index (χ1v) is 10.5. The Morgan fingerprint density at radius 2 is 1.85 bits per heavy atom. The maximum Gasteiger partial charge on any atom is 0.273 e. The summed E-state index contributed by atoms with van der Waals surface area (Å²) in [5.41, 5.74) is 3.38. The maximum atomic E-state index is 13.0. The zero-order valence-corrected chi connectivity index (χ0v) is 19.0. The minimum Gasteiger partial charge on any atom is -0.497 e. The molecule has 0 saturated heterocycles. The predicted molar refractivity (Wildman–Crippen MR) is 125 cm³/mol. The molecule has 9 heteroatoms. The van der Waals surface area contributed by atoms with Crippen molar-refractivity contribution in [1.29, 1.82) is 0 Å². The number of benzene rings is 2. The van der Waals surface area contributed by atoms with Crippen LogP contribution in [0, 0.1) is 6.92 Å². The number of para-hydroxylation sites is 1. The molecule has 0 aliphatic rings. The zero-order valence-electron chi connectivity index (χ0n) is 19.0. The summed E-state index contributed by atoms with van der Waals surface area (Å²) >= 11 is 0. The lowest BCUT2D eigenvalue weighted by Gasteiger charge is -2.12. The van der Waals surface area contributed by atoms with Gasteiger partial charge in [0, 0.05) is 26.0 Å². The number of amides is 1. The summed E-state index contributed by atoms with van der Waals surface area (Å²) in [7, 11) is 4.77. The zero-order chi connectivity index (χ0) is 23.5. The van der Waals surface area contributed by atoms with Gasteiger partial charge < -0.3 is 14.8 Å². The van der Waals surface area contributed by atoms with Crippen LogP contribution in [0.3, 0.4) is 0 Å². The van der Waals surface area contributed by atoms with E-state index in [1.54, 1.807) is 37.0 Å². The van der Waals surface area contributed by atoms with E-state index in [1.165, 1.54) is 11.7 Å². The molecule has 0 atom stereocenters. The standard InChI is InChI=1S/C24H25N5O4/c1-15-22-23(29(27-15)16-8-6-5-7-9-16)28(2)24(31)19(26-22)12-13-21(30)25-18-11-10-17(32-3)14-20(18)33-4/h5-11,14H,12-13H2,1-4H3,(H,25,30). The Bertz CT molecular complexity index is 1380. The normalized spacial score (nSPS) is 10.9. The number of ether oxygens (including phenoxy) is 2. The second kappa shape index (κ2) is 9.15. The average Bonchev–Trinajstić information content (AvgIpc) is 3.17. The Hall–Kier alpha value is -4.14. The molecule has 33 heavy (non-hydrogen) atoms. The SMILES string of the molecule is COc1ccc(NC(=O)CCc2nc3c(C)nn(-c4ccccc4)c3n(C)c2=O)c(OC)c1. The molecule has 170 valence electrons. The molecule has 1 N–H and O–H groups in total. The van der Waals surface area contributed by atoms with Gasteiger partial charge in [0.25, 0.3) is 5.56 Å². The van der Waals surface area contributed by atoms with Crippen LogP contribution < -0.4 is 20.3 Å². The van der Waals surface area contributed by atoms with Crippen LogP contribution in [0.15, 0.2) is 53.3 Å². The molecule has 0 bridgehead atoms. The third kappa shape index (κ3) is 4.30. The van der Waals surface area contributed by atoms with Crippen molar-refractivity contribution in [1.82, 2.24) is 19.3 Å². The minimum absolute atomic E-state index is 0.0921. The fraction of sp³-hybridized carbons (Fsp3) is 0.250. The quantitative estimate of drug-likeness (QED) is 0.467. The first kappa shape index (κ1) is 22.1. The molecule has 0 radical (unpaired) electrons. The van der Waals surface area contributed by atoms with Crippen molar-refractivity contribution >= 4 is 22.8 Å². The molecule has 2 heterocycles. The van der Waals surface area contributed by atoms with Gasteiger partial charge in [0.1, 0.15) is 22.7 Å². The number of anilines is 1. The minimum atomic E-state index is -0.255. The van der Waals surface area contributed by atoms with Gasteiger partial charge in [-0.3, -0.25) is 14.2 Å². The van der Waals surface area contributed by atoms with Gasteiger partial charge in [0.05, 0.1) is 31.3 Å². The fourth-order valence-corrected chi connectivity index (χ4v) is 3.67. The van der Waals surface area contributed by atoms with Gasteiger partial charge in [-0.25, -0.2) is 9.67 Å². The largest absolute Gasteiger partial charge is 0.497 e. The molecule has 0 spiro atoms. The molecular formula is C24H25N5O4. The van der Waals surface area contributed by atoms with Gasteiger partial charge in [-0.05, 0) is 31.2 Å². The highest BCUT2D eigenvalue weighted by molar-refractivity contribution is 5.92. The number of aryl methyl sites for hydroxylation is 3. The van der Waals surface area contributed by atoms with Crippen molar-refractivity contribution in [2.45, 2.75) is 19.8 Å². The van der Waals surface area contributed by atoms with Crippen molar-refractivity contribution < 1.29 is 14.3 Å². The number of rotatable bonds is 7. The molecule has 2 aromatic carbocycles. The van der Waals surface area contributed by atoms with Gasteiger partial charge in [-0.2, -0.15) is 5.10 Å². The fourth-order valence-electron chi connectivity index (χ4n) is 3.67. The van der Waals surface area contributed by atoms with Crippen LogP contribution in [0.2, 0.25) is 0 Å². The number of methoxy groups -OCH3 is 2. The number of nitrogens with one attached hydrogen (secondary N) is 1. The third-order valence-electron chi connectivity index (χ3n) is 5.39. The van der Waals surface area contributed by atoms with Crippen molar-refractivity contribution in [2.24, 2.45) is 7.05 Å². The summed E-state index contributed by atoms with van der Waals surface area (Å²) in [6.45, 7) is 1.85. The van der Waals surface area contributed by atoms with E-state index in [4.69, 9.17) is 9.47 Å². The number of hydrogen-bond donors (Lipinski definition) is 1. The lowest BCUT2D eigenvalue weighted by molar-refractivity contribution is -0.116. The number of carbonyl (C=O) groups excluding carboxylic acids is 1. The van der Waals surface area contributed by atoms with Gasteiger partial charge >= 0.3 is 0 Å². The number of hydrogen-bond acceptors (Lipinski definition) is 6. The van der Waals surface area contributed by atoms with Gasteiger partial charge in [0.15, 0.2) is 5.65 Å². The summed E-state index contributed by atoms with van der Waals surface area (Å²) in [5.74, 6) is 0.860. The van der Waals surface area contributed by atoms with Crippen molar-refractivity contribution in [3.63, 3.8) is 0 Å². The topological polar surface area (TPSA) is 100 Å². The number of aromatic nitrogens is 4. The second-order valence-electron chi connectivity index (χ2n) is 7.54. The van der Waals surface area contributed by atoms with Gasteiger partial charge in [-0.15, -0.1) is 0 Å². The predicted octanol–water partition coefficient (Wildman–Crippen LogP) is 3.02. The van der Waals surface area contributed by atoms with E-state index in [0.717, 1.165) is 5.69 Å². The summed E-state index contributed by atoms with van der Waals surface area (Å²) in [6.07, 6.45) is 0.289. The highest BCUT2D eigenvalue weighted by Crippen LogP contribution is 2.29. The molecule has 4 rings (SSSR count). The molecule has 0 aliphatic heterocycles. The van der Waals surface area contributed by atoms with E-state index in [0.29, 0.717) is 39.7 Å². The number of nitrogens with zero attached hydrogens (tertiary/aromatic N) is 4. The highest BCUT2D eigenvalue weighted by atomic mass is 16.5. The molecule has 0 fully saturated rings. The average molecular weight is 447 g/mol. The Balaban J connectivity index is 1.58. The molecule has 1 amide bonds. The summed E-state index contributed by atoms with van der Waals surface area (Å²) in [4.78, 5) is 30.2. The molecule has 9 nitrogen and oxygen atoms in total. The Kier molecular flexibility index (Phi) is 6.12. The Labute approximate surface area is 190 Å². The monoisotopic (exact) mass is 447 g/mol. The third-order valence-corrected chi connectivity index (χ3v) is 5.39. The first-order chi connectivity index (χ1) is 15.9. The lowest BCUT2D eigenvalue weighted by Crippen LogP contribution is -2.25. The highest BCUT2D eigenvalue weighted by Gasteiger charge is 2.18. The van der Waals surface area contributed by atoms with Crippen LogP contribution >= 0.6 is 0 Å². The summed E-state index contributed by atoms with van der Waals surface area (Å²) in [6, 6.07) is 14.7. The molecule has 4 aromatic rings. The lowest BCUT2D eigenvalue weighted by atomic mass is 10.2. The van der Waals surface area contributed by atoms with E-state index >= 15 is 0 Å². The molecule has 0 saturated carbocycles. The summed E-state index contributed by atoms with van der Waals surface area (Å²) < 4.78 is 13.7. The number of fused-ring (bicyclic) bond motifs is 1. The van der Waals surface area contributed by atoms with E-state index in [9.17, 15) is 9.59 Å². The van der Waals surface area contributed by atoms with Crippen LogP contribution in [-0.2, 0) is 18.3 Å². The van der Waals surface area contributed by atoms with Crippen LogP contribution in [0.4, 0.5) is 5.69 Å². The van der Waals surface area contributed by atoms with Gasteiger partial charge in [0.2, 0.25) is 5.91 Å². The molecule has 2 aromatic heterocycles. The Morgan fingerprint density at radius 1 is 1.09 bits per heavy atom. The van der Waals surface area contributed by atoms with Gasteiger partial charge in [-0.1, -0.05) is 18.2 Å². The van der Waals surface area contributed by atoms with E-state index in [-0.39, 0.29) is 24.3 Å². The van der Waals surface area contributed by atoms with Crippen LogP contribution in [-0.4, -0.2) is 39.5 Å². The van der Waals surface area contributed by atoms with E-state index in [2.05, 4.69) is 15.4 Å². The maximum absolute atomic E-state index is 13.0. The molecular weight excluding hydrogens is 422 g/mol. The van der Waals surface area contributed by atoms with Crippen molar-refractivity contribution in [3.8, 4) is 17.2 Å². The molecule has 0 aliphatic carbocycles. The van der Waals surface area contributed by atoms with Crippen LogP contribution in [0.25, 0.3) is 16.9 Å². The number of carbonyl (C=O) groups is 1. The van der Waals surface area contributed by atoms with E-state index in [1.807, 2.05) is 37.3 Å². The molecule has 0 unspecified atom stereocenters.